The third kappa shape index (κ3) is 4.90. The zero-order valence-electron chi connectivity index (χ0n) is 9.90. The van der Waals surface area contributed by atoms with Gasteiger partial charge in [-0.2, -0.15) is 0 Å². The lowest BCUT2D eigenvalue weighted by molar-refractivity contribution is 0.00529. The van der Waals surface area contributed by atoms with Crippen molar-refractivity contribution in [2.24, 2.45) is 5.73 Å². The molecule has 4 N–H and O–H groups in total. The Bertz CT molecular complexity index is 147. The first kappa shape index (κ1) is 14.8. The van der Waals surface area contributed by atoms with Crippen LogP contribution < -0.4 is 11.1 Å². The van der Waals surface area contributed by atoms with E-state index in [1.54, 1.807) is 7.11 Å². The van der Waals surface area contributed by atoms with Gasteiger partial charge in [-0.05, 0) is 0 Å². The second kappa shape index (κ2) is 9.06. The van der Waals surface area contributed by atoms with Crippen LogP contribution in [0.15, 0.2) is 0 Å². The summed E-state index contributed by atoms with van der Waals surface area (Å²) in [4.78, 5) is 0. The number of hydrogen-bond donors (Lipinski definition) is 3. The van der Waals surface area contributed by atoms with E-state index in [1.807, 2.05) is 13.8 Å². The van der Waals surface area contributed by atoms with Crippen LogP contribution in [-0.2, 0) is 9.47 Å². The minimum Gasteiger partial charge on any atom is -0.388 e. The van der Waals surface area contributed by atoms with Crippen molar-refractivity contribution in [1.82, 2.24) is 5.32 Å². The fraction of sp³-hybridized carbons (Fsp3) is 1.00. The molecule has 0 aromatic heterocycles. The summed E-state index contributed by atoms with van der Waals surface area (Å²) in [6.07, 6.45) is -0.892. The molecule has 1 rings (SSSR count). The van der Waals surface area contributed by atoms with Crippen molar-refractivity contribution in [3.63, 3.8) is 0 Å². The van der Waals surface area contributed by atoms with E-state index in [0.717, 1.165) is 6.54 Å². The predicted octanol–water partition coefficient (Wildman–Crippen LogP) is -0.664. The quantitative estimate of drug-likeness (QED) is 0.536. The summed E-state index contributed by atoms with van der Waals surface area (Å²) in [5.74, 6) is 0. The maximum absolute atomic E-state index is 9.63. The molecule has 0 amide bonds. The highest BCUT2D eigenvalue weighted by molar-refractivity contribution is 4.85. The van der Waals surface area contributed by atoms with E-state index in [2.05, 4.69) is 5.32 Å². The van der Waals surface area contributed by atoms with E-state index >= 15 is 0 Å². The normalized spacial score (nSPS) is 29.8. The van der Waals surface area contributed by atoms with Crippen LogP contribution >= 0.6 is 0 Å². The number of rotatable bonds is 5. The Hall–Kier alpha value is -0.200. The van der Waals surface area contributed by atoms with Crippen molar-refractivity contribution in [2.45, 2.75) is 32.2 Å². The van der Waals surface area contributed by atoms with Crippen molar-refractivity contribution in [1.29, 1.82) is 0 Å². The Morgan fingerprint density at radius 1 is 1.53 bits per heavy atom. The van der Waals surface area contributed by atoms with Gasteiger partial charge in [-0.15, -0.1) is 0 Å². The fourth-order valence-electron chi connectivity index (χ4n) is 1.39. The second-order valence-corrected chi connectivity index (χ2v) is 3.13. The zero-order chi connectivity index (χ0) is 11.7. The van der Waals surface area contributed by atoms with Crippen molar-refractivity contribution < 1.29 is 14.6 Å². The van der Waals surface area contributed by atoms with Gasteiger partial charge in [-0.3, -0.25) is 0 Å². The van der Waals surface area contributed by atoms with Crippen LogP contribution in [0.4, 0.5) is 0 Å². The summed E-state index contributed by atoms with van der Waals surface area (Å²) in [6, 6.07) is 0. The van der Waals surface area contributed by atoms with Gasteiger partial charge in [0.05, 0.1) is 12.7 Å². The lowest BCUT2D eigenvalue weighted by Crippen LogP contribution is -2.39. The number of ether oxygens (including phenoxy) is 2. The molecule has 0 aliphatic carbocycles. The van der Waals surface area contributed by atoms with E-state index in [1.165, 1.54) is 0 Å². The topological polar surface area (TPSA) is 76.7 Å². The minimum absolute atomic E-state index is 0.170. The SMILES string of the molecule is CC.COC1COC(CNCCN)C1O. The first-order valence-corrected chi connectivity index (χ1v) is 5.53. The number of hydrogen-bond acceptors (Lipinski definition) is 5. The molecule has 5 nitrogen and oxygen atoms in total. The average Bonchev–Trinajstić information content (AvgIpc) is 2.63. The van der Waals surface area contributed by atoms with Crippen LogP contribution in [0.5, 0.6) is 0 Å². The molecule has 1 saturated heterocycles. The largest absolute Gasteiger partial charge is 0.388 e. The Labute approximate surface area is 91.9 Å². The van der Waals surface area contributed by atoms with E-state index in [-0.39, 0.29) is 12.2 Å². The summed E-state index contributed by atoms with van der Waals surface area (Å²) in [6.45, 7) is 6.42. The molecular weight excluding hydrogens is 196 g/mol. The summed E-state index contributed by atoms with van der Waals surface area (Å²) in [7, 11) is 1.58. The number of aliphatic hydroxyl groups excluding tert-OH is 1. The predicted molar refractivity (Wildman–Crippen MR) is 59.8 cm³/mol. The molecule has 1 fully saturated rings. The summed E-state index contributed by atoms with van der Waals surface area (Å²) < 4.78 is 10.4. The van der Waals surface area contributed by atoms with Crippen LogP contribution in [0.3, 0.4) is 0 Å². The number of nitrogens with one attached hydrogen (secondary N) is 1. The molecule has 92 valence electrons. The maximum Gasteiger partial charge on any atom is 0.110 e. The summed E-state index contributed by atoms with van der Waals surface area (Å²) in [5, 5.41) is 12.7. The van der Waals surface area contributed by atoms with Gasteiger partial charge >= 0.3 is 0 Å². The molecule has 0 bridgehead atoms. The Balaban J connectivity index is 0.000000921. The van der Waals surface area contributed by atoms with Crippen molar-refractivity contribution >= 4 is 0 Å². The molecule has 5 heteroatoms. The number of aliphatic hydroxyl groups is 1. The van der Waals surface area contributed by atoms with Gasteiger partial charge in [0.2, 0.25) is 0 Å². The molecule has 1 aliphatic rings. The van der Waals surface area contributed by atoms with Crippen molar-refractivity contribution in [2.75, 3.05) is 33.4 Å². The second-order valence-electron chi connectivity index (χ2n) is 3.13. The van der Waals surface area contributed by atoms with E-state index in [0.29, 0.717) is 19.7 Å². The molecular formula is C10H24N2O3. The maximum atomic E-state index is 9.63. The van der Waals surface area contributed by atoms with Crippen LogP contribution in [0.1, 0.15) is 13.8 Å². The Morgan fingerprint density at radius 2 is 2.20 bits per heavy atom. The van der Waals surface area contributed by atoms with Crippen LogP contribution in [0.2, 0.25) is 0 Å². The van der Waals surface area contributed by atoms with Crippen molar-refractivity contribution in [3.05, 3.63) is 0 Å². The molecule has 3 atom stereocenters. The highest BCUT2D eigenvalue weighted by atomic mass is 16.6. The third-order valence-electron chi connectivity index (χ3n) is 2.21. The van der Waals surface area contributed by atoms with Gasteiger partial charge in [0.15, 0.2) is 0 Å². The lowest BCUT2D eigenvalue weighted by atomic mass is 10.1. The molecule has 15 heavy (non-hydrogen) atoms. The molecule has 0 aromatic rings. The monoisotopic (exact) mass is 220 g/mol. The highest BCUT2D eigenvalue weighted by Crippen LogP contribution is 2.15. The molecule has 3 unspecified atom stereocenters. The average molecular weight is 220 g/mol. The molecule has 0 radical (unpaired) electrons. The number of nitrogens with two attached hydrogens (primary N) is 1. The number of methoxy groups -OCH3 is 1. The third-order valence-corrected chi connectivity index (χ3v) is 2.21. The van der Waals surface area contributed by atoms with E-state index in [9.17, 15) is 5.11 Å². The minimum atomic E-state index is -0.532. The van der Waals surface area contributed by atoms with Crippen LogP contribution in [0, 0.1) is 0 Å². The molecule has 0 spiro atoms. The van der Waals surface area contributed by atoms with Crippen LogP contribution in [-0.4, -0.2) is 56.8 Å². The standard InChI is InChI=1S/C8H18N2O3.C2H6/c1-12-7-5-13-6(8(7)11)4-10-3-2-9;1-2/h6-8,10-11H,2-5,9H2,1H3;1-2H3. The fourth-order valence-corrected chi connectivity index (χ4v) is 1.39. The smallest absolute Gasteiger partial charge is 0.110 e. The van der Waals surface area contributed by atoms with Crippen LogP contribution in [0.25, 0.3) is 0 Å². The lowest BCUT2D eigenvalue weighted by Gasteiger charge is -2.16. The molecule has 0 saturated carbocycles. The van der Waals surface area contributed by atoms with Gasteiger partial charge < -0.3 is 25.6 Å². The first-order valence-electron chi connectivity index (χ1n) is 5.53. The van der Waals surface area contributed by atoms with Gasteiger partial charge in [-0.25, -0.2) is 0 Å². The van der Waals surface area contributed by atoms with E-state index < -0.39 is 6.10 Å². The Morgan fingerprint density at radius 3 is 2.67 bits per heavy atom. The Kier molecular flexibility index (Phi) is 8.94. The van der Waals surface area contributed by atoms with Gasteiger partial charge in [-0.1, -0.05) is 13.8 Å². The zero-order valence-corrected chi connectivity index (χ0v) is 9.90. The van der Waals surface area contributed by atoms with E-state index in [4.69, 9.17) is 15.2 Å². The van der Waals surface area contributed by atoms with Gasteiger partial charge in [0.1, 0.15) is 12.2 Å². The van der Waals surface area contributed by atoms with Gasteiger partial charge in [0, 0.05) is 26.7 Å². The first-order chi connectivity index (χ1) is 7.29. The van der Waals surface area contributed by atoms with Gasteiger partial charge in [0.25, 0.3) is 0 Å². The molecule has 1 aliphatic heterocycles. The molecule has 0 aromatic carbocycles. The summed E-state index contributed by atoms with van der Waals surface area (Å²) in [5.41, 5.74) is 5.31. The summed E-state index contributed by atoms with van der Waals surface area (Å²) >= 11 is 0. The van der Waals surface area contributed by atoms with Crippen molar-refractivity contribution in [3.8, 4) is 0 Å². The highest BCUT2D eigenvalue weighted by Gasteiger charge is 2.35. The molecule has 1 heterocycles.